The van der Waals surface area contributed by atoms with Crippen LogP contribution in [-0.4, -0.2) is 19.2 Å². The van der Waals surface area contributed by atoms with Crippen LogP contribution >= 0.6 is 0 Å². The minimum atomic E-state index is -0.488. The van der Waals surface area contributed by atoms with Crippen LogP contribution in [0.1, 0.15) is 296 Å². The topological polar surface area (TPSA) is 4.44 Å². The third kappa shape index (κ3) is 34.3. The maximum atomic E-state index is 14.1. The van der Waals surface area contributed by atoms with E-state index >= 15 is 0 Å². The number of benzene rings is 1. The summed E-state index contributed by atoms with van der Waals surface area (Å²) >= 11 is 0. The Kier molecular flexibility index (Phi) is 44.0. The molecule has 1 aromatic carbocycles. The Balaban J connectivity index is 0.00000161. The molecule has 0 aromatic heterocycles. The Labute approximate surface area is 435 Å². The fourth-order valence-corrected chi connectivity index (χ4v) is 13.6. The van der Waals surface area contributed by atoms with Gasteiger partial charge in [0.2, 0.25) is 0 Å². The minimum absolute atomic E-state index is 0.365. The maximum absolute atomic E-state index is 14.1. The molecule has 69 heavy (non-hydrogen) atoms. The second kappa shape index (κ2) is 44.6. The van der Waals surface area contributed by atoms with Crippen molar-refractivity contribution in [3.8, 4) is 0 Å². The van der Waals surface area contributed by atoms with E-state index in [-0.39, 0.29) is 6.15 Å². The molecule has 0 heterocycles. The predicted octanol–water partition coefficient (Wildman–Crippen LogP) is 22.2. The summed E-state index contributed by atoms with van der Waals surface area (Å²) in [5.41, 5.74) is 0.638. The quantitative estimate of drug-likeness (QED) is 0.0491. The van der Waals surface area contributed by atoms with Crippen LogP contribution in [0.5, 0.6) is 0 Å². The first kappa shape index (κ1) is 68.1. The number of nitrogens with one attached hydrogen (secondary N) is 1. The fraction of sp³-hybridized carbons (Fsp3) is 0.908. The number of quaternary nitrogens is 1. The van der Waals surface area contributed by atoms with Gasteiger partial charge in [-0.1, -0.05) is 294 Å². The van der Waals surface area contributed by atoms with Crippen molar-refractivity contribution < 1.29 is 13.7 Å². The molecule has 4 heteroatoms. The summed E-state index contributed by atoms with van der Waals surface area (Å²) in [6.45, 7) is 36.3. The van der Waals surface area contributed by atoms with E-state index in [0.29, 0.717) is 5.69 Å². The van der Waals surface area contributed by atoms with Crippen molar-refractivity contribution in [2.24, 2.45) is 47.3 Å². The van der Waals surface area contributed by atoms with Crippen molar-refractivity contribution in [3.05, 3.63) is 29.8 Å². The summed E-state index contributed by atoms with van der Waals surface area (Å²) in [6.07, 6.45) is 47.9. The summed E-state index contributed by atoms with van der Waals surface area (Å²) in [6, 6.07) is 4.03. The number of rotatable bonds is 46. The predicted molar refractivity (Wildman–Crippen MR) is 312 cm³/mol. The maximum Gasteiger partial charge on any atom is 0.186 e. The van der Waals surface area contributed by atoms with Gasteiger partial charge in [0.1, 0.15) is 5.82 Å². The van der Waals surface area contributed by atoms with Gasteiger partial charge in [0, 0.05) is 18.3 Å². The van der Waals surface area contributed by atoms with E-state index in [4.69, 9.17) is 0 Å². The number of hydrogen-bond acceptors (Lipinski definition) is 0. The molecule has 1 rings (SSSR count). The van der Waals surface area contributed by atoms with E-state index in [1.54, 1.807) is 31.3 Å². The van der Waals surface area contributed by atoms with Crippen molar-refractivity contribution in [2.75, 3.05) is 13.1 Å². The highest BCUT2D eigenvalue weighted by molar-refractivity contribution is 6.80. The lowest BCUT2D eigenvalue weighted by Crippen LogP contribution is -3.07. The molecule has 1 nitrogen and oxygen atoms in total. The first-order chi connectivity index (χ1) is 33.2. The second-order valence-corrected chi connectivity index (χ2v) is 24.6. The van der Waals surface area contributed by atoms with Gasteiger partial charge in [0.05, 0.1) is 13.1 Å². The molecule has 0 amide bonds. The van der Waals surface area contributed by atoms with Gasteiger partial charge >= 0.3 is 0 Å². The van der Waals surface area contributed by atoms with Gasteiger partial charge < -0.3 is 0 Å². The highest BCUT2D eigenvalue weighted by Crippen LogP contribution is 2.43. The molecule has 0 aliphatic rings. The lowest BCUT2D eigenvalue weighted by atomic mass is 9.14. The van der Waals surface area contributed by atoms with E-state index in [1.165, 1.54) is 197 Å². The molecule has 1 N–H and O–H groups in total. The van der Waals surface area contributed by atoms with Gasteiger partial charge in [0.15, 0.2) is 11.5 Å². The summed E-state index contributed by atoms with van der Waals surface area (Å²) in [7, 11) is 0. The van der Waals surface area contributed by atoms with Crippen LogP contribution < -0.4 is 4.90 Å². The third-order valence-electron chi connectivity index (χ3n) is 17.7. The van der Waals surface area contributed by atoms with Gasteiger partial charge in [-0.15, -0.1) is 0 Å². The Hall–Kier alpha value is -0.895. The zero-order valence-corrected chi connectivity index (χ0v) is 49.8. The normalized spacial score (nSPS) is 16.7. The summed E-state index contributed by atoms with van der Waals surface area (Å²) in [5, 5.41) is 0. The summed E-state index contributed by atoms with van der Waals surface area (Å²) in [4.78, 5) is 1.18. The number of unbranched alkanes of at least 4 members (excludes halogenated alkanes) is 9. The van der Waals surface area contributed by atoms with Crippen LogP contribution in [0.25, 0.3) is 0 Å². The van der Waals surface area contributed by atoms with E-state index in [1.807, 2.05) is 0 Å². The zero-order chi connectivity index (χ0) is 51.7. The second-order valence-electron chi connectivity index (χ2n) is 24.6. The summed E-state index contributed by atoms with van der Waals surface area (Å²) < 4.78 is 27.3. The number of halogens is 2. The van der Waals surface area contributed by atoms with Crippen LogP contribution in [-0.2, 0) is 0 Å². The van der Waals surface area contributed by atoms with Gasteiger partial charge in [-0.25, -0.2) is 8.78 Å². The van der Waals surface area contributed by atoms with Crippen LogP contribution in [0, 0.1) is 59.0 Å². The van der Waals surface area contributed by atoms with Gasteiger partial charge in [-0.3, -0.25) is 4.90 Å². The highest BCUT2D eigenvalue weighted by Gasteiger charge is 2.32. The molecule has 0 bridgehead atoms. The van der Waals surface area contributed by atoms with Crippen LogP contribution in [0.15, 0.2) is 18.2 Å². The Morgan fingerprint density at radius 3 is 0.971 bits per heavy atom. The molecule has 9 atom stereocenters. The monoisotopic (exact) mass is 972 g/mol. The molecule has 0 saturated heterocycles. The lowest BCUT2D eigenvalue weighted by molar-refractivity contribution is -0.834. The van der Waals surface area contributed by atoms with Crippen molar-refractivity contribution >= 4 is 11.8 Å². The zero-order valence-electron chi connectivity index (χ0n) is 49.8. The first-order valence-electron chi connectivity index (χ1n) is 31.8. The highest BCUT2D eigenvalue weighted by atomic mass is 19.1. The third-order valence-corrected chi connectivity index (χ3v) is 17.7. The fourth-order valence-electron chi connectivity index (χ4n) is 13.6. The average molecular weight is 973 g/mol. The average Bonchev–Trinajstić information content (AvgIpc) is 3.32. The Morgan fingerprint density at radius 1 is 0.377 bits per heavy atom. The lowest BCUT2D eigenvalue weighted by Gasteiger charge is -2.48. The molecular weight excluding hydrogens is 844 g/mol. The SMILES string of the molecule is CCCC(CC)CCC(C)C[B-](CC(C)CCC(CC)CCC)(CC(C)CCC(CC)CCC)CC(C)CCC(CC)CCC.CCCCCCCCC[NH+](CCCCCC)c1ccc(F)cc1F. The molecule has 0 radical (unpaired) electrons. The van der Waals surface area contributed by atoms with E-state index in [9.17, 15) is 8.78 Å². The van der Waals surface area contributed by atoms with Gasteiger partial charge in [-0.2, -0.15) is 25.3 Å². The molecule has 0 aliphatic carbocycles. The largest absolute Gasteiger partial charge is 0.300 e. The molecular formula is C65H128BF2N. The standard InChI is InChI=1S/C44H92B.C21H35F2N/c1-13-21-41(17-5)29-25-37(9)33-45(34-38(10)26-30-42(18-6)22-14-2,35-39(11)27-31-43(19-7)23-15-3)36-40(12)28-32-44(20-8)24-16-4;1-3-5-7-9-10-11-13-17-24(16-12-8-6-4-2)21-15-14-19(22)18-20(21)23/h37-44H,13-36H2,1-12H3;14-15,18H,3-13,16-17H2,1-2H3/q-1;/p+1. The molecule has 0 aliphatic heterocycles. The van der Waals surface area contributed by atoms with E-state index in [0.717, 1.165) is 79.3 Å². The van der Waals surface area contributed by atoms with Crippen LogP contribution in [0.2, 0.25) is 25.3 Å². The van der Waals surface area contributed by atoms with E-state index < -0.39 is 11.6 Å². The van der Waals surface area contributed by atoms with E-state index in [2.05, 4.69) is 96.9 Å². The van der Waals surface area contributed by atoms with Crippen molar-refractivity contribution in [1.29, 1.82) is 0 Å². The van der Waals surface area contributed by atoms with Gasteiger partial charge in [-0.05, 0) is 55.4 Å². The molecule has 0 spiro atoms. The molecule has 1 aromatic rings. The smallest absolute Gasteiger partial charge is 0.186 e. The van der Waals surface area contributed by atoms with Crippen molar-refractivity contribution in [3.63, 3.8) is 0 Å². The Morgan fingerprint density at radius 2 is 0.681 bits per heavy atom. The molecule has 0 fully saturated rings. The molecule has 410 valence electrons. The van der Waals surface area contributed by atoms with Crippen molar-refractivity contribution in [2.45, 2.75) is 321 Å². The van der Waals surface area contributed by atoms with Crippen LogP contribution in [0.3, 0.4) is 0 Å². The van der Waals surface area contributed by atoms with Crippen LogP contribution in [0.4, 0.5) is 14.5 Å². The number of hydrogen-bond donors (Lipinski definition) is 1. The first-order valence-corrected chi connectivity index (χ1v) is 31.8. The minimum Gasteiger partial charge on any atom is -0.300 e. The molecule has 0 saturated carbocycles. The van der Waals surface area contributed by atoms with Crippen molar-refractivity contribution in [1.82, 2.24) is 0 Å². The molecule has 9 unspecified atom stereocenters. The summed E-state index contributed by atoms with van der Waals surface area (Å²) in [5.74, 6) is 6.47. The van der Waals surface area contributed by atoms with Gasteiger partial charge in [0.25, 0.3) is 0 Å². The Bertz CT molecular complexity index is 1140.